The lowest BCUT2D eigenvalue weighted by atomic mass is 9.89. The highest BCUT2D eigenvalue weighted by Gasteiger charge is 2.29. The Balaban J connectivity index is 1.35. The molecule has 4 aromatic heterocycles. The summed E-state index contributed by atoms with van der Waals surface area (Å²) >= 11 is 1.66. The predicted molar refractivity (Wildman–Crippen MR) is 144 cm³/mol. The zero-order chi connectivity index (χ0) is 27.1. The number of thiophene rings is 1. The number of aromatic nitrogens is 6. The number of aliphatic hydroxyl groups is 5. The molecule has 200 valence electrons. The summed E-state index contributed by atoms with van der Waals surface area (Å²) in [5, 5.41) is 58.0. The number of anilines is 1. The average molecular weight is 549 g/mol. The van der Waals surface area contributed by atoms with Crippen LogP contribution in [-0.4, -0.2) is 92.5 Å². The van der Waals surface area contributed by atoms with Crippen LogP contribution in [0.1, 0.15) is 10.4 Å². The van der Waals surface area contributed by atoms with Gasteiger partial charge in [0.05, 0.1) is 29.8 Å². The fourth-order valence-corrected chi connectivity index (χ4v) is 5.85. The van der Waals surface area contributed by atoms with E-state index in [0.29, 0.717) is 16.9 Å². The molecule has 39 heavy (non-hydrogen) atoms. The summed E-state index contributed by atoms with van der Waals surface area (Å²) in [5.41, 5.74) is 6.72. The van der Waals surface area contributed by atoms with E-state index in [-0.39, 0.29) is 5.82 Å². The molecular formula is C25H24N8O5S. The van der Waals surface area contributed by atoms with Crippen molar-refractivity contribution in [3.63, 3.8) is 0 Å². The molecule has 0 aliphatic heterocycles. The van der Waals surface area contributed by atoms with Crippen molar-refractivity contribution < 1.29 is 25.5 Å². The predicted octanol–water partition coefficient (Wildman–Crippen LogP) is 0.419. The Kier molecular flexibility index (Phi) is 6.72. The van der Waals surface area contributed by atoms with Crippen LogP contribution in [0.3, 0.4) is 0 Å². The lowest BCUT2D eigenvalue weighted by Gasteiger charge is -2.23. The standard InChI is InChI=1S/C25H24N8O5S/c34-9-16(36)21(38)20(37)15(35)8-30-32-22-14-7-31-33(23(14)27-10-26-22)24-19-18-13-4-2-1-3-12(13)5-6-17(18)39-25(19)29-11-28-24/h1-4,7-8,10-11,15-16,20-21,34-38H,5-6,9H2,(H,26,27,32)/b30-8+/t15-,16+,20+,21+/m0/s1. The number of aliphatic hydroxyl groups excluding tert-OH is 5. The van der Waals surface area contributed by atoms with Crippen LogP contribution in [0.15, 0.2) is 48.2 Å². The van der Waals surface area contributed by atoms with Crippen molar-refractivity contribution in [3.05, 3.63) is 53.6 Å². The lowest BCUT2D eigenvalue weighted by molar-refractivity contribution is -0.0999. The Hall–Kier alpha value is -3.92. The van der Waals surface area contributed by atoms with Crippen molar-refractivity contribution in [3.8, 4) is 16.9 Å². The van der Waals surface area contributed by atoms with Crippen molar-refractivity contribution in [1.82, 2.24) is 29.7 Å². The van der Waals surface area contributed by atoms with Crippen LogP contribution < -0.4 is 5.43 Å². The maximum Gasteiger partial charge on any atom is 0.170 e. The molecule has 1 aliphatic rings. The third-order valence-corrected chi connectivity index (χ3v) is 7.85. The number of hydrazone groups is 1. The second-order valence-electron chi connectivity index (χ2n) is 9.06. The number of rotatable bonds is 8. The number of nitrogens with zero attached hydrogens (tertiary/aromatic N) is 7. The minimum atomic E-state index is -1.77. The normalized spacial score (nSPS) is 16.2. The van der Waals surface area contributed by atoms with E-state index in [0.717, 1.165) is 34.8 Å². The van der Waals surface area contributed by atoms with Gasteiger partial charge in [0.1, 0.15) is 41.9 Å². The quantitative estimate of drug-likeness (QED) is 0.116. The summed E-state index contributed by atoms with van der Waals surface area (Å²) in [5.74, 6) is 0.871. The number of hydrogen-bond acceptors (Lipinski definition) is 13. The molecule has 0 fully saturated rings. The van der Waals surface area contributed by atoms with E-state index >= 15 is 0 Å². The number of nitrogens with one attached hydrogen (secondary N) is 1. The first kappa shape index (κ1) is 25.4. The Morgan fingerprint density at radius 2 is 1.85 bits per heavy atom. The van der Waals surface area contributed by atoms with Crippen LogP contribution in [0.2, 0.25) is 0 Å². The molecule has 13 nitrogen and oxygen atoms in total. The second-order valence-corrected chi connectivity index (χ2v) is 10.1. The third kappa shape index (κ3) is 4.42. The molecule has 0 bridgehead atoms. The van der Waals surface area contributed by atoms with Crippen molar-refractivity contribution in [2.75, 3.05) is 12.0 Å². The Bertz CT molecular complexity index is 1690. The Morgan fingerprint density at radius 3 is 2.69 bits per heavy atom. The highest BCUT2D eigenvalue weighted by molar-refractivity contribution is 7.19. The molecule has 4 atom stereocenters. The SMILES string of the molecule is OC[C@@H](O)[C@@H](O)[C@H](O)[C@@H](O)/C=N/Nc1ncnc2c1cnn2-c1ncnc2sc3c(c12)-c1ccccc1CC3. The maximum absolute atomic E-state index is 10.1. The van der Waals surface area contributed by atoms with E-state index in [4.69, 9.17) is 5.11 Å². The molecule has 0 saturated heterocycles. The molecule has 6 rings (SSSR count). The summed E-state index contributed by atoms with van der Waals surface area (Å²) in [4.78, 5) is 19.9. The van der Waals surface area contributed by atoms with Crippen LogP contribution in [0.5, 0.6) is 0 Å². The number of fused-ring (bicyclic) bond motifs is 6. The van der Waals surface area contributed by atoms with Gasteiger partial charge in [-0.3, -0.25) is 5.43 Å². The van der Waals surface area contributed by atoms with E-state index in [1.165, 1.54) is 28.7 Å². The van der Waals surface area contributed by atoms with E-state index in [9.17, 15) is 20.4 Å². The van der Waals surface area contributed by atoms with Crippen molar-refractivity contribution >= 4 is 44.6 Å². The monoisotopic (exact) mass is 548 g/mol. The number of aryl methyl sites for hydroxylation is 2. The van der Waals surface area contributed by atoms with Gasteiger partial charge in [-0.05, 0) is 24.0 Å². The smallest absolute Gasteiger partial charge is 0.170 e. The summed E-state index contributed by atoms with van der Waals surface area (Å²) in [7, 11) is 0. The topological polar surface area (TPSA) is 195 Å². The van der Waals surface area contributed by atoms with Crippen molar-refractivity contribution in [2.45, 2.75) is 37.3 Å². The molecule has 0 saturated carbocycles. The fraction of sp³-hybridized carbons (Fsp3) is 0.280. The summed E-state index contributed by atoms with van der Waals surface area (Å²) < 4.78 is 1.63. The molecule has 14 heteroatoms. The van der Waals surface area contributed by atoms with Gasteiger partial charge in [0.2, 0.25) is 0 Å². The zero-order valence-corrected chi connectivity index (χ0v) is 21.1. The molecule has 0 radical (unpaired) electrons. The van der Waals surface area contributed by atoms with E-state index in [2.05, 4.69) is 47.7 Å². The zero-order valence-electron chi connectivity index (χ0n) is 20.3. The van der Waals surface area contributed by atoms with Gasteiger partial charge in [0.15, 0.2) is 17.3 Å². The van der Waals surface area contributed by atoms with Gasteiger partial charge in [-0.25, -0.2) is 19.9 Å². The van der Waals surface area contributed by atoms with Gasteiger partial charge >= 0.3 is 0 Å². The molecule has 5 aromatic rings. The highest BCUT2D eigenvalue weighted by atomic mass is 32.1. The van der Waals surface area contributed by atoms with Crippen LogP contribution in [0.4, 0.5) is 5.82 Å². The molecular weight excluding hydrogens is 524 g/mol. The van der Waals surface area contributed by atoms with E-state index in [1.807, 2.05) is 12.1 Å². The molecule has 0 amide bonds. The molecule has 6 N–H and O–H groups in total. The van der Waals surface area contributed by atoms with Crippen molar-refractivity contribution in [1.29, 1.82) is 0 Å². The van der Waals surface area contributed by atoms with Gasteiger partial charge in [0.25, 0.3) is 0 Å². The number of benzene rings is 1. The van der Waals surface area contributed by atoms with Crippen LogP contribution >= 0.6 is 11.3 Å². The van der Waals surface area contributed by atoms with Gasteiger partial charge in [-0.2, -0.15) is 14.9 Å². The minimum absolute atomic E-state index is 0.281. The maximum atomic E-state index is 10.1. The molecule has 0 unspecified atom stereocenters. The minimum Gasteiger partial charge on any atom is -0.394 e. The van der Waals surface area contributed by atoms with Crippen LogP contribution in [0.25, 0.3) is 38.2 Å². The first-order chi connectivity index (χ1) is 19.0. The van der Waals surface area contributed by atoms with Crippen molar-refractivity contribution in [2.24, 2.45) is 5.10 Å². The van der Waals surface area contributed by atoms with Gasteiger partial charge < -0.3 is 25.5 Å². The molecule has 1 aliphatic carbocycles. The highest BCUT2D eigenvalue weighted by Crippen LogP contribution is 2.45. The van der Waals surface area contributed by atoms with Gasteiger partial charge in [-0.1, -0.05) is 24.3 Å². The average Bonchev–Trinajstić information content (AvgIpc) is 3.58. The molecule has 0 spiro atoms. The van der Waals surface area contributed by atoms with Crippen LogP contribution in [-0.2, 0) is 12.8 Å². The first-order valence-corrected chi connectivity index (χ1v) is 13.0. The van der Waals surface area contributed by atoms with E-state index in [1.54, 1.807) is 22.2 Å². The fourth-order valence-electron chi connectivity index (χ4n) is 4.70. The third-order valence-electron chi connectivity index (χ3n) is 6.69. The Morgan fingerprint density at radius 1 is 1.03 bits per heavy atom. The number of hydrogen-bond donors (Lipinski definition) is 6. The van der Waals surface area contributed by atoms with Crippen LogP contribution in [0, 0.1) is 0 Å². The molecule has 1 aromatic carbocycles. The summed E-state index contributed by atoms with van der Waals surface area (Å²) in [6.45, 7) is -0.775. The van der Waals surface area contributed by atoms with Gasteiger partial charge in [0, 0.05) is 10.4 Å². The Labute approximate surface area is 224 Å². The lowest BCUT2D eigenvalue weighted by Crippen LogP contribution is -2.46. The second kappa shape index (κ2) is 10.3. The van der Waals surface area contributed by atoms with E-state index < -0.39 is 31.0 Å². The summed E-state index contributed by atoms with van der Waals surface area (Å²) in [6.07, 6.45) is 0.485. The first-order valence-electron chi connectivity index (χ1n) is 12.1. The summed E-state index contributed by atoms with van der Waals surface area (Å²) in [6, 6.07) is 8.34. The largest absolute Gasteiger partial charge is 0.394 e. The van der Waals surface area contributed by atoms with Gasteiger partial charge in [-0.15, -0.1) is 11.3 Å². The molecule has 4 heterocycles.